The van der Waals surface area contributed by atoms with E-state index < -0.39 is 11.8 Å². The molecule has 0 aliphatic carbocycles. The molecule has 0 aliphatic rings. The summed E-state index contributed by atoms with van der Waals surface area (Å²) in [5, 5.41) is 4.59. The van der Waals surface area contributed by atoms with Crippen LogP contribution in [0.1, 0.15) is 30.8 Å². The molecular formula is C19H23ClN4O2. The molecule has 2 rings (SSSR count). The first-order valence-corrected chi connectivity index (χ1v) is 8.84. The van der Waals surface area contributed by atoms with Crippen molar-refractivity contribution in [2.45, 2.75) is 27.7 Å². The molecule has 1 aromatic carbocycles. The number of benzene rings is 1. The lowest BCUT2D eigenvalue weighted by Gasteiger charge is -2.16. The molecule has 7 heteroatoms. The molecule has 26 heavy (non-hydrogen) atoms. The lowest BCUT2D eigenvalue weighted by atomic mass is 10.2. The number of rotatable bonds is 5. The maximum Gasteiger partial charge on any atom is 0.329 e. The molecule has 138 valence electrons. The van der Waals surface area contributed by atoms with Gasteiger partial charge in [-0.2, -0.15) is 5.10 Å². The first kappa shape index (κ1) is 19.7. The Morgan fingerprint density at radius 1 is 1.23 bits per heavy atom. The zero-order valence-corrected chi connectivity index (χ0v) is 16.2. The predicted molar refractivity (Wildman–Crippen MR) is 104 cm³/mol. The molecule has 1 heterocycles. The van der Waals surface area contributed by atoms with Gasteiger partial charge in [0.2, 0.25) is 0 Å². The van der Waals surface area contributed by atoms with E-state index in [1.165, 1.54) is 11.1 Å². The monoisotopic (exact) mass is 374 g/mol. The number of aromatic nitrogens is 1. The maximum absolute atomic E-state index is 11.9. The van der Waals surface area contributed by atoms with E-state index in [4.69, 9.17) is 11.6 Å². The Labute approximate surface area is 158 Å². The van der Waals surface area contributed by atoms with Crippen molar-refractivity contribution < 1.29 is 9.59 Å². The van der Waals surface area contributed by atoms with Gasteiger partial charge >= 0.3 is 11.8 Å². The number of carbonyl (C=O) groups excluding carboxylic acids is 2. The molecule has 1 aromatic heterocycles. The Morgan fingerprint density at radius 2 is 1.92 bits per heavy atom. The van der Waals surface area contributed by atoms with Crippen molar-refractivity contribution in [1.82, 2.24) is 14.9 Å². The first-order valence-electron chi connectivity index (χ1n) is 8.46. The number of halogens is 1. The van der Waals surface area contributed by atoms with Crippen LogP contribution in [0.5, 0.6) is 0 Å². The summed E-state index contributed by atoms with van der Waals surface area (Å²) in [5.74, 6) is -1.33. The van der Waals surface area contributed by atoms with Crippen LogP contribution in [0.4, 0.5) is 0 Å². The van der Waals surface area contributed by atoms with Gasteiger partial charge in [0.1, 0.15) is 0 Å². The van der Waals surface area contributed by atoms with E-state index in [-0.39, 0.29) is 0 Å². The summed E-state index contributed by atoms with van der Waals surface area (Å²) in [7, 11) is 0. The van der Waals surface area contributed by atoms with Gasteiger partial charge < -0.3 is 9.47 Å². The normalized spacial score (nSPS) is 11.0. The zero-order valence-electron chi connectivity index (χ0n) is 15.4. The van der Waals surface area contributed by atoms with E-state index in [2.05, 4.69) is 15.1 Å². The number of amides is 2. The van der Waals surface area contributed by atoms with Crippen LogP contribution >= 0.6 is 11.6 Å². The average molecular weight is 375 g/mol. The third-order valence-corrected chi connectivity index (χ3v) is 4.39. The van der Waals surface area contributed by atoms with E-state index in [1.54, 1.807) is 0 Å². The third-order valence-electron chi connectivity index (χ3n) is 4.15. The molecule has 0 spiro atoms. The minimum absolute atomic E-state index is 0.479. The fourth-order valence-corrected chi connectivity index (χ4v) is 2.98. The molecule has 0 saturated carbocycles. The van der Waals surface area contributed by atoms with Gasteiger partial charge in [-0.25, -0.2) is 5.43 Å². The minimum atomic E-state index is -0.742. The Morgan fingerprint density at radius 3 is 2.54 bits per heavy atom. The average Bonchev–Trinajstić information content (AvgIpc) is 2.89. The van der Waals surface area contributed by atoms with Crippen molar-refractivity contribution in [3.63, 3.8) is 0 Å². The molecule has 1 N–H and O–H groups in total. The number of hydrogen-bond acceptors (Lipinski definition) is 3. The van der Waals surface area contributed by atoms with Gasteiger partial charge in [-0.05, 0) is 52.0 Å². The molecule has 2 amide bonds. The van der Waals surface area contributed by atoms with Gasteiger partial charge in [-0.15, -0.1) is 0 Å². The van der Waals surface area contributed by atoms with Crippen molar-refractivity contribution >= 4 is 29.6 Å². The van der Waals surface area contributed by atoms with E-state index >= 15 is 0 Å². The van der Waals surface area contributed by atoms with E-state index in [0.29, 0.717) is 18.1 Å². The molecule has 0 saturated heterocycles. The summed E-state index contributed by atoms with van der Waals surface area (Å²) in [5.41, 5.74) is 6.06. The Hall–Kier alpha value is -2.60. The summed E-state index contributed by atoms with van der Waals surface area (Å²) in [6, 6.07) is 9.52. The number of hydrogen-bond donors (Lipinski definition) is 1. The van der Waals surface area contributed by atoms with Crippen molar-refractivity contribution in [2.75, 3.05) is 13.1 Å². The van der Waals surface area contributed by atoms with Gasteiger partial charge in [-0.1, -0.05) is 17.7 Å². The number of hydrazone groups is 1. The van der Waals surface area contributed by atoms with Gasteiger partial charge in [0.05, 0.1) is 6.21 Å². The second-order valence-electron chi connectivity index (χ2n) is 5.82. The van der Waals surface area contributed by atoms with E-state index in [1.807, 2.05) is 58.0 Å². The Kier molecular flexibility index (Phi) is 6.58. The highest BCUT2D eigenvalue weighted by Gasteiger charge is 2.18. The molecular weight excluding hydrogens is 352 g/mol. The predicted octanol–water partition coefficient (Wildman–Crippen LogP) is 3.07. The quantitative estimate of drug-likeness (QED) is 0.496. The summed E-state index contributed by atoms with van der Waals surface area (Å²) in [6.07, 6.45) is 1.54. The summed E-state index contributed by atoms with van der Waals surface area (Å²) in [6.45, 7) is 8.54. The zero-order chi connectivity index (χ0) is 19.3. The smallest absolute Gasteiger partial charge is 0.329 e. The molecule has 2 aromatic rings. The standard InChI is InChI=1S/C19H23ClN4O2/c1-5-23(6-2)19(26)18(25)22-21-12-15-10-13(3)24(14(15)4)17-9-7-8-16(20)11-17/h7-12H,5-6H2,1-4H3,(H,22,25). The molecule has 0 fully saturated rings. The van der Waals surface area contributed by atoms with Gasteiger partial charge in [-0.3, -0.25) is 9.59 Å². The summed E-state index contributed by atoms with van der Waals surface area (Å²) < 4.78 is 2.05. The van der Waals surface area contributed by atoms with Crippen LogP contribution in [-0.4, -0.2) is 40.6 Å². The molecule has 6 nitrogen and oxygen atoms in total. The highest BCUT2D eigenvalue weighted by atomic mass is 35.5. The molecule has 0 atom stereocenters. The van der Waals surface area contributed by atoms with Crippen LogP contribution in [0.15, 0.2) is 35.4 Å². The van der Waals surface area contributed by atoms with Crippen LogP contribution in [0.3, 0.4) is 0 Å². The van der Waals surface area contributed by atoms with Crippen molar-refractivity contribution in [3.8, 4) is 5.69 Å². The largest absolute Gasteiger partial charge is 0.335 e. The van der Waals surface area contributed by atoms with E-state index in [0.717, 1.165) is 22.6 Å². The Balaban J connectivity index is 2.16. The summed E-state index contributed by atoms with van der Waals surface area (Å²) in [4.78, 5) is 25.2. The van der Waals surface area contributed by atoms with Gasteiger partial charge in [0.15, 0.2) is 0 Å². The molecule has 0 bridgehead atoms. The molecule has 0 radical (unpaired) electrons. The number of aryl methyl sites for hydroxylation is 1. The topological polar surface area (TPSA) is 66.7 Å². The van der Waals surface area contributed by atoms with Crippen LogP contribution < -0.4 is 5.43 Å². The number of nitrogens with zero attached hydrogens (tertiary/aromatic N) is 3. The van der Waals surface area contributed by atoms with Crippen molar-refractivity contribution in [1.29, 1.82) is 0 Å². The third kappa shape index (κ3) is 4.32. The fourth-order valence-electron chi connectivity index (χ4n) is 2.79. The molecule has 0 aliphatic heterocycles. The number of likely N-dealkylation sites (N-methyl/N-ethyl adjacent to an activating group) is 1. The SMILES string of the molecule is CCN(CC)C(=O)C(=O)NN=Cc1cc(C)n(-c2cccc(Cl)c2)c1C. The number of nitrogens with one attached hydrogen (secondary N) is 1. The maximum atomic E-state index is 11.9. The lowest BCUT2D eigenvalue weighted by molar-refractivity contribution is -0.145. The van der Waals surface area contributed by atoms with Crippen molar-refractivity contribution in [2.24, 2.45) is 5.10 Å². The summed E-state index contributed by atoms with van der Waals surface area (Å²) >= 11 is 6.08. The van der Waals surface area contributed by atoms with Crippen LogP contribution in [0, 0.1) is 13.8 Å². The van der Waals surface area contributed by atoms with Gasteiger partial charge in [0.25, 0.3) is 0 Å². The minimum Gasteiger partial charge on any atom is -0.335 e. The van der Waals surface area contributed by atoms with E-state index in [9.17, 15) is 9.59 Å². The molecule has 0 unspecified atom stereocenters. The highest BCUT2D eigenvalue weighted by Crippen LogP contribution is 2.22. The second-order valence-corrected chi connectivity index (χ2v) is 6.25. The number of carbonyl (C=O) groups is 2. The fraction of sp³-hybridized carbons (Fsp3) is 0.316. The van der Waals surface area contributed by atoms with Crippen LogP contribution in [0.25, 0.3) is 5.69 Å². The second kappa shape index (κ2) is 8.67. The Bertz CT molecular complexity index is 838. The van der Waals surface area contributed by atoms with Crippen LogP contribution in [0.2, 0.25) is 5.02 Å². The van der Waals surface area contributed by atoms with Crippen molar-refractivity contribution in [3.05, 3.63) is 52.3 Å². The first-order chi connectivity index (χ1) is 12.4. The lowest BCUT2D eigenvalue weighted by Crippen LogP contribution is -2.41. The van der Waals surface area contributed by atoms with Crippen LogP contribution in [-0.2, 0) is 9.59 Å². The van der Waals surface area contributed by atoms with Gasteiger partial charge in [0, 0.05) is 40.8 Å². The highest BCUT2D eigenvalue weighted by molar-refractivity contribution is 6.35.